The summed E-state index contributed by atoms with van der Waals surface area (Å²) < 4.78 is 0. The van der Waals surface area contributed by atoms with E-state index in [4.69, 9.17) is 0 Å². The number of alkyl halides is 1. The van der Waals surface area contributed by atoms with E-state index >= 15 is 0 Å². The van der Waals surface area contributed by atoms with E-state index in [9.17, 15) is 4.79 Å². The number of halogens is 1. The summed E-state index contributed by atoms with van der Waals surface area (Å²) in [4.78, 5) is 11.9. The SMILES string of the molecule is CCC(CCBr)NC(=O)C1C2CCCC21. The molecule has 0 aromatic rings. The Morgan fingerprint density at radius 2 is 2.13 bits per heavy atom. The van der Waals surface area contributed by atoms with Gasteiger partial charge in [-0.05, 0) is 37.5 Å². The van der Waals surface area contributed by atoms with Crippen LogP contribution in [0.15, 0.2) is 0 Å². The second kappa shape index (κ2) is 4.86. The van der Waals surface area contributed by atoms with Crippen molar-refractivity contribution in [3.8, 4) is 0 Å². The fourth-order valence-corrected chi connectivity index (χ4v) is 3.57. The van der Waals surface area contributed by atoms with E-state index in [1.165, 1.54) is 19.3 Å². The van der Waals surface area contributed by atoms with Gasteiger partial charge >= 0.3 is 0 Å². The van der Waals surface area contributed by atoms with E-state index in [1.807, 2.05) is 0 Å². The molecule has 2 rings (SSSR count). The van der Waals surface area contributed by atoms with Crippen molar-refractivity contribution in [3.63, 3.8) is 0 Å². The Hall–Kier alpha value is -0.0500. The summed E-state index contributed by atoms with van der Waals surface area (Å²) in [6.07, 6.45) is 6.01. The number of nitrogens with one attached hydrogen (secondary N) is 1. The molecule has 1 amide bonds. The molecule has 3 atom stereocenters. The summed E-state index contributed by atoms with van der Waals surface area (Å²) in [5.74, 6) is 2.19. The van der Waals surface area contributed by atoms with Crippen LogP contribution in [-0.2, 0) is 4.79 Å². The maximum absolute atomic E-state index is 11.9. The third-order valence-electron chi connectivity index (χ3n) is 4.01. The topological polar surface area (TPSA) is 29.1 Å². The van der Waals surface area contributed by atoms with Gasteiger partial charge in [-0.2, -0.15) is 0 Å². The average Bonchev–Trinajstić information content (AvgIpc) is 2.72. The molecule has 0 spiro atoms. The van der Waals surface area contributed by atoms with Crippen molar-refractivity contribution in [1.82, 2.24) is 5.32 Å². The fraction of sp³-hybridized carbons (Fsp3) is 0.917. The molecule has 3 unspecified atom stereocenters. The Bertz CT molecular complexity index is 234. The standard InChI is InChI=1S/C12H20BrNO/c1-2-8(6-7-13)14-12(15)11-9-4-3-5-10(9)11/h8-11H,2-7H2,1H3,(H,14,15). The molecular formula is C12H20BrNO. The fourth-order valence-electron chi connectivity index (χ4n) is 3.02. The molecule has 86 valence electrons. The van der Waals surface area contributed by atoms with Crippen LogP contribution in [0, 0.1) is 17.8 Å². The van der Waals surface area contributed by atoms with Gasteiger partial charge in [0.05, 0.1) is 0 Å². The number of amides is 1. The second-order valence-electron chi connectivity index (χ2n) is 4.88. The van der Waals surface area contributed by atoms with Gasteiger partial charge in [0.2, 0.25) is 5.91 Å². The Balaban J connectivity index is 1.77. The molecule has 0 aromatic carbocycles. The first kappa shape index (κ1) is 11.4. The summed E-state index contributed by atoms with van der Waals surface area (Å²) in [7, 11) is 0. The first-order valence-corrected chi connectivity index (χ1v) is 7.26. The number of carbonyl (C=O) groups is 1. The van der Waals surface area contributed by atoms with E-state index in [-0.39, 0.29) is 0 Å². The predicted molar refractivity (Wildman–Crippen MR) is 65.0 cm³/mol. The van der Waals surface area contributed by atoms with Crippen molar-refractivity contribution in [2.75, 3.05) is 5.33 Å². The normalized spacial score (nSPS) is 34.7. The predicted octanol–water partition coefficient (Wildman–Crippen LogP) is 2.71. The molecule has 0 aliphatic heterocycles. The minimum absolute atomic E-state index is 0.331. The lowest BCUT2D eigenvalue weighted by Crippen LogP contribution is -2.36. The number of rotatable bonds is 5. The highest BCUT2D eigenvalue weighted by Gasteiger charge is 2.56. The number of hydrogen-bond acceptors (Lipinski definition) is 1. The summed E-state index contributed by atoms with van der Waals surface area (Å²) in [5, 5.41) is 4.16. The number of carbonyl (C=O) groups excluding carboxylic acids is 1. The molecule has 1 N–H and O–H groups in total. The van der Waals surface area contributed by atoms with Crippen LogP contribution >= 0.6 is 15.9 Å². The maximum Gasteiger partial charge on any atom is 0.223 e. The Kier molecular flexibility index (Phi) is 3.70. The first-order chi connectivity index (χ1) is 7.27. The summed E-state index contributed by atoms with van der Waals surface area (Å²) in [6, 6.07) is 0.373. The lowest BCUT2D eigenvalue weighted by atomic mass is 10.1. The lowest BCUT2D eigenvalue weighted by Gasteiger charge is -2.16. The largest absolute Gasteiger partial charge is 0.353 e. The minimum Gasteiger partial charge on any atom is -0.353 e. The van der Waals surface area contributed by atoms with Gasteiger partial charge in [0.1, 0.15) is 0 Å². The molecule has 2 aliphatic rings. The highest BCUT2D eigenvalue weighted by Crippen LogP contribution is 2.57. The number of fused-ring (bicyclic) bond motifs is 1. The van der Waals surface area contributed by atoms with Gasteiger partial charge in [0.25, 0.3) is 0 Å². The average molecular weight is 274 g/mol. The lowest BCUT2D eigenvalue weighted by molar-refractivity contribution is -0.123. The van der Waals surface area contributed by atoms with Crippen molar-refractivity contribution in [1.29, 1.82) is 0 Å². The van der Waals surface area contributed by atoms with E-state index in [0.29, 0.717) is 17.9 Å². The van der Waals surface area contributed by atoms with Crippen LogP contribution in [0.25, 0.3) is 0 Å². The molecule has 2 fully saturated rings. The molecule has 0 saturated heterocycles. The third-order valence-corrected chi connectivity index (χ3v) is 4.46. The van der Waals surface area contributed by atoms with Gasteiger partial charge in [-0.25, -0.2) is 0 Å². The van der Waals surface area contributed by atoms with Crippen molar-refractivity contribution in [3.05, 3.63) is 0 Å². The zero-order chi connectivity index (χ0) is 10.8. The Morgan fingerprint density at radius 3 is 2.67 bits per heavy atom. The molecular weight excluding hydrogens is 254 g/mol. The molecule has 0 bridgehead atoms. The molecule has 2 aliphatic carbocycles. The van der Waals surface area contributed by atoms with Gasteiger partial charge < -0.3 is 5.32 Å². The van der Waals surface area contributed by atoms with Gasteiger partial charge in [-0.15, -0.1) is 0 Å². The van der Waals surface area contributed by atoms with Crippen LogP contribution in [-0.4, -0.2) is 17.3 Å². The van der Waals surface area contributed by atoms with Crippen LogP contribution in [0.1, 0.15) is 39.0 Å². The van der Waals surface area contributed by atoms with Crippen molar-refractivity contribution < 1.29 is 4.79 Å². The van der Waals surface area contributed by atoms with Gasteiger partial charge in [-0.1, -0.05) is 29.3 Å². The maximum atomic E-state index is 11.9. The monoisotopic (exact) mass is 273 g/mol. The van der Waals surface area contributed by atoms with Gasteiger partial charge in [0, 0.05) is 17.3 Å². The van der Waals surface area contributed by atoms with E-state index < -0.39 is 0 Å². The Morgan fingerprint density at radius 1 is 1.47 bits per heavy atom. The second-order valence-corrected chi connectivity index (χ2v) is 5.67. The van der Waals surface area contributed by atoms with Crippen LogP contribution in [0.4, 0.5) is 0 Å². The van der Waals surface area contributed by atoms with Crippen LogP contribution in [0.5, 0.6) is 0 Å². The zero-order valence-electron chi connectivity index (χ0n) is 9.34. The molecule has 2 nitrogen and oxygen atoms in total. The van der Waals surface area contributed by atoms with Crippen LogP contribution in [0.2, 0.25) is 0 Å². The summed E-state index contributed by atoms with van der Waals surface area (Å²) >= 11 is 3.43. The van der Waals surface area contributed by atoms with E-state index in [1.54, 1.807) is 0 Å². The third kappa shape index (κ3) is 2.38. The molecule has 0 heterocycles. The molecule has 15 heavy (non-hydrogen) atoms. The van der Waals surface area contributed by atoms with Gasteiger partial charge in [-0.3, -0.25) is 4.79 Å². The van der Waals surface area contributed by atoms with E-state index in [0.717, 1.165) is 30.0 Å². The number of hydrogen-bond donors (Lipinski definition) is 1. The van der Waals surface area contributed by atoms with Crippen molar-refractivity contribution in [2.24, 2.45) is 17.8 Å². The van der Waals surface area contributed by atoms with Crippen molar-refractivity contribution >= 4 is 21.8 Å². The molecule has 0 radical (unpaired) electrons. The Labute approximate surface area is 100 Å². The summed E-state index contributed by atoms with van der Waals surface area (Å²) in [6.45, 7) is 2.14. The molecule has 3 heteroatoms. The highest BCUT2D eigenvalue weighted by molar-refractivity contribution is 9.09. The minimum atomic E-state index is 0.331. The molecule has 2 saturated carbocycles. The van der Waals surface area contributed by atoms with Crippen molar-refractivity contribution in [2.45, 2.75) is 45.1 Å². The smallest absolute Gasteiger partial charge is 0.223 e. The summed E-state index contributed by atoms with van der Waals surface area (Å²) in [5.41, 5.74) is 0. The van der Waals surface area contributed by atoms with Crippen LogP contribution in [0.3, 0.4) is 0 Å². The van der Waals surface area contributed by atoms with E-state index in [2.05, 4.69) is 28.2 Å². The highest BCUT2D eigenvalue weighted by atomic mass is 79.9. The zero-order valence-corrected chi connectivity index (χ0v) is 10.9. The van der Waals surface area contributed by atoms with Crippen LogP contribution < -0.4 is 5.32 Å². The molecule has 0 aromatic heterocycles. The first-order valence-electron chi connectivity index (χ1n) is 6.14. The quantitative estimate of drug-likeness (QED) is 0.767. The van der Waals surface area contributed by atoms with Gasteiger partial charge in [0.15, 0.2) is 0 Å².